The number of thioether (sulfide) groups is 1. The zero-order chi connectivity index (χ0) is 31.7. The molecule has 7 heteroatoms. The first-order valence-electron chi connectivity index (χ1n) is 15.2. The molecular weight excluding hydrogens is 591 g/mol. The summed E-state index contributed by atoms with van der Waals surface area (Å²) in [6, 6.07) is 42.1. The maximum Gasteiger partial charge on any atom is 0.272 e. The number of benzene rings is 5. The fraction of sp³-hybridized carbons (Fsp3) is 0.103. The lowest BCUT2D eigenvalue weighted by Gasteiger charge is -2.29. The van der Waals surface area contributed by atoms with E-state index >= 15 is 0 Å². The maximum atomic E-state index is 13.6. The van der Waals surface area contributed by atoms with E-state index in [0.717, 1.165) is 40.1 Å². The number of hydrogen-bond acceptors (Lipinski definition) is 4. The molecule has 0 saturated carbocycles. The van der Waals surface area contributed by atoms with E-state index in [0.29, 0.717) is 17.8 Å². The molecule has 6 nitrogen and oxygen atoms in total. The molecule has 2 N–H and O–H groups in total. The van der Waals surface area contributed by atoms with E-state index in [9.17, 15) is 14.4 Å². The predicted octanol–water partition coefficient (Wildman–Crippen LogP) is 7.83. The lowest BCUT2D eigenvalue weighted by molar-refractivity contribution is -0.116. The van der Waals surface area contributed by atoms with Gasteiger partial charge in [0.1, 0.15) is 5.70 Å². The van der Waals surface area contributed by atoms with Gasteiger partial charge in [-0.2, -0.15) is 0 Å². The van der Waals surface area contributed by atoms with Crippen molar-refractivity contribution in [3.05, 3.63) is 156 Å². The highest BCUT2D eigenvalue weighted by Gasteiger charge is 2.22. The van der Waals surface area contributed by atoms with E-state index in [4.69, 9.17) is 0 Å². The predicted molar refractivity (Wildman–Crippen MR) is 187 cm³/mol. The van der Waals surface area contributed by atoms with E-state index in [-0.39, 0.29) is 23.3 Å². The molecule has 1 heterocycles. The Morgan fingerprint density at radius 2 is 1.43 bits per heavy atom. The van der Waals surface area contributed by atoms with Crippen LogP contribution in [0.3, 0.4) is 0 Å². The van der Waals surface area contributed by atoms with Gasteiger partial charge in [-0.05, 0) is 77.6 Å². The summed E-state index contributed by atoms with van der Waals surface area (Å²) in [5.74, 6) is -0.508. The van der Waals surface area contributed by atoms with Crippen molar-refractivity contribution in [2.75, 3.05) is 22.5 Å². The summed E-state index contributed by atoms with van der Waals surface area (Å²) < 4.78 is 0. The summed E-state index contributed by atoms with van der Waals surface area (Å²) in [5, 5.41) is 5.73. The molecule has 1 aliphatic heterocycles. The van der Waals surface area contributed by atoms with Gasteiger partial charge < -0.3 is 15.5 Å². The van der Waals surface area contributed by atoms with Crippen LogP contribution in [-0.2, 0) is 16.0 Å². The summed E-state index contributed by atoms with van der Waals surface area (Å²) in [6.07, 6.45) is 3.59. The van der Waals surface area contributed by atoms with Crippen LogP contribution >= 0.6 is 11.8 Å². The van der Waals surface area contributed by atoms with E-state index in [1.165, 1.54) is 17.3 Å². The SMILES string of the molecule is O=C(Nc1cccc(SCC(=O)N2CCCc3ccccc32)c1)/C(=C/c1ccc(-c2ccccc2)cc1)NC(=O)c1ccccc1. The smallest absolute Gasteiger partial charge is 0.272 e. The van der Waals surface area contributed by atoms with Crippen molar-refractivity contribution in [2.24, 2.45) is 0 Å². The maximum absolute atomic E-state index is 13.6. The van der Waals surface area contributed by atoms with Crippen LogP contribution in [0.2, 0.25) is 0 Å². The van der Waals surface area contributed by atoms with Gasteiger partial charge in [0, 0.05) is 28.4 Å². The first-order chi connectivity index (χ1) is 22.5. The molecule has 0 spiro atoms. The van der Waals surface area contributed by atoms with Crippen LogP contribution in [0.15, 0.2) is 144 Å². The molecule has 5 aromatic carbocycles. The van der Waals surface area contributed by atoms with Crippen LogP contribution in [0.5, 0.6) is 0 Å². The molecule has 0 saturated heterocycles. The van der Waals surface area contributed by atoms with Gasteiger partial charge in [0.05, 0.1) is 5.75 Å². The number of hydrogen-bond donors (Lipinski definition) is 2. The van der Waals surface area contributed by atoms with Gasteiger partial charge in [0.15, 0.2) is 0 Å². The monoisotopic (exact) mass is 623 g/mol. The number of nitrogens with zero attached hydrogens (tertiary/aromatic N) is 1. The number of carbonyl (C=O) groups excluding carboxylic acids is 3. The highest BCUT2D eigenvalue weighted by Crippen LogP contribution is 2.29. The number of para-hydroxylation sites is 1. The van der Waals surface area contributed by atoms with E-state index in [1.807, 2.05) is 102 Å². The van der Waals surface area contributed by atoms with Crippen LogP contribution < -0.4 is 15.5 Å². The third-order valence-corrected chi connectivity index (χ3v) is 8.70. The third-order valence-electron chi connectivity index (χ3n) is 7.72. The van der Waals surface area contributed by atoms with E-state index in [2.05, 4.69) is 16.7 Å². The molecule has 0 aliphatic carbocycles. The second kappa shape index (κ2) is 14.6. The molecule has 6 rings (SSSR count). The van der Waals surface area contributed by atoms with Crippen LogP contribution in [0.25, 0.3) is 17.2 Å². The number of carbonyl (C=O) groups is 3. The Morgan fingerprint density at radius 3 is 2.22 bits per heavy atom. The van der Waals surface area contributed by atoms with Crippen molar-refractivity contribution < 1.29 is 14.4 Å². The minimum atomic E-state index is -0.459. The zero-order valence-corrected chi connectivity index (χ0v) is 26.0. The second-order valence-corrected chi connectivity index (χ2v) is 12.0. The summed E-state index contributed by atoms with van der Waals surface area (Å²) in [5.41, 5.74) is 6.21. The fourth-order valence-corrected chi connectivity index (χ4v) is 6.22. The van der Waals surface area contributed by atoms with Gasteiger partial charge in [-0.1, -0.05) is 97.1 Å². The molecule has 46 heavy (non-hydrogen) atoms. The van der Waals surface area contributed by atoms with Gasteiger partial charge in [0.2, 0.25) is 5.91 Å². The molecule has 3 amide bonds. The molecule has 0 unspecified atom stereocenters. The Bertz CT molecular complexity index is 1870. The van der Waals surface area contributed by atoms with Crippen molar-refractivity contribution >= 4 is 46.9 Å². The minimum Gasteiger partial charge on any atom is -0.321 e. The number of fused-ring (bicyclic) bond motifs is 1. The van der Waals surface area contributed by atoms with Gasteiger partial charge in [0.25, 0.3) is 11.8 Å². The molecule has 0 atom stereocenters. The number of amides is 3. The quantitative estimate of drug-likeness (QED) is 0.130. The molecule has 5 aromatic rings. The number of rotatable bonds is 9. The molecular formula is C39H33N3O3S. The van der Waals surface area contributed by atoms with Crippen molar-refractivity contribution in [2.45, 2.75) is 17.7 Å². The van der Waals surface area contributed by atoms with Crippen LogP contribution in [-0.4, -0.2) is 30.0 Å². The number of anilines is 2. The Hall–Kier alpha value is -5.40. The highest BCUT2D eigenvalue weighted by molar-refractivity contribution is 8.00. The zero-order valence-electron chi connectivity index (χ0n) is 25.2. The standard InChI is InChI=1S/C39H33N3O3S/c43-37(42-24-10-16-31-13-7-8-19-36(31)42)27-46-34-18-9-17-33(26-34)40-39(45)35(41-38(44)32-14-5-2-6-15-32)25-28-20-22-30(23-21-28)29-11-3-1-4-12-29/h1-9,11-15,17-23,25-26H,10,16,24,27H2,(H,40,45)(H,41,44)/b35-25-. The highest BCUT2D eigenvalue weighted by atomic mass is 32.2. The topological polar surface area (TPSA) is 78.5 Å². The molecule has 0 aromatic heterocycles. The Kier molecular flexibility index (Phi) is 9.71. The lowest BCUT2D eigenvalue weighted by atomic mass is 10.0. The number of nitrogens with one attached hydrogen (secondary N) is 2. The van der Waals surface area contributed by atoms with Gasteiger partial charge in [-0.15, -0.1) is 11.8 Å². The Labute approximate surface area is 273 Å². The van der Waals surface area contributed by atoms with Gasteiger partial charge >= 0.3 is 0 Å². The average molecular weight is 624 g/mol. The van der Waals surface area contributed by atoms with Crippen molar-refractivity contribution in [3.63, 3.8) is 0 Å². The summed E-state index contributed by atoms with van der Waals surface area (Å²) in [6.45, 7) is 0.714. The summed E-state index contributed by atoms with van der Waals surface area (Å²) in [7, 11) is 0. The molecule has 1 aliphatic rings. The van der Waals surface area contributed by atoms with Crippen molar-refractivity contribution in [1.29, 1.82) is 0 Å². The molecule has 0 bridgehead atoms. The lowest BCUT2D eigenvalue weighted by Crippen LogP contribution is -2.36. The fourth-order valence-electron chi connectivity index (χ4n) is 5.39. The average Bonchev–Trinajstić information content (AvgIpc) is 3.11. The summed E-state index contributed by atoms with van der Waals surface area (Å²) >= 11 is 1.43. The van der Waals surface area contributed by atoms with Gasteiger partial charge in [-0.3, -0.25) is 14.4 Å². The van der Waals surface area contributed by atoms with Crippen LogP contribution in [0.1, 0.15) is 27.9 Å². The van der Waals surface area contributed by atoms with E-state index < -0.39 is 5.91 Å². The Morgan fingerprint density at radius 1 is 0.739 bits per heavy atom. The molecule has 0 radical (unpaired) electrons. The van der Waals surface area contributed by atoms with E-state index in [1.54, 1.807) is 36.4 Å². The third kappa shape index (κ3) is 7.62. The minimum absolute atomic E-state index is 0.0544. The first kappa shape index (κ1) is 30.6. The normalized spacial score (nSPS) is 12.6. The second-order valence-electron chi connectivity index (χ2n) is 10.9. The van der Waals surface area contributed by atoms with Crippen LogP contribution in [0.4, 0.5) is 11.4 Å². The number of aryl methyl sites for hydroxylation is 1. The molecule has 0 fully saturated rings. The van der Waals surface area contributed by atoms with Crippen molar-refractivity contribution in [3.8, 4) is 11.1 Å². The first-order valence-corrected chi connectivity index (χ1v) is 16.2. The summed E-state index contributed by atoms with van der Waals surface area (Å²) in [4.78, 5) is 42.6. The Balaban J connectivity index is 1.17. The molecule has 228 valence electrons. The largest absolute Gasteiger partial charge is 0.321 e. The van der Waals surface area contributed by atoms with Crippen LogP contribution in [0, 0.1) is 0 Å². The van der Waals surface area contributed by atoms with Gasteiger partial charge in [-0.25, -0.2) is 0 Å². The van der Waals surface area contributed by atoms with Crippen molar-refractivity contribution in [1.82, 2.24) is 5.32 Å².